The molecule has 4 aliphatic rings. The molecule has 2 nitrogen and oxygen atoms in total. The van der Waals surface area contributed by atoms with Crippen LogP contribution in [0.5, 0.6) is 0 Å². The molecule has 2 heterocycles. The van der Waals surface area contributed by atoms with Crippen LogP contribution in [0, 0.1) is 29.6 Å². The number of allylic oxidation sites excluding steroid dienone is 8. The van der Waals surface area contributed by atoms with Gasteiger partial charge in [0.2, 0.25) is 0 Å². The first-order chi connectivity index (χ1) is 15.3. The van der Waals surface area contributed by atoms with E-state index in [1.165, 1.54) is 46.0 Å². The maximum absolute atomic E-state index is 4.57. The molecular weight excluding hydrogens is 388 g/mol. The molecule has 2 heteroatoms. The molecule has 1 aromatic rings. The van der Waals surface area contributed by atoms with Crippen LogP contribution in [0.2, 0.25) is 0 Å². The number of rotatable bonds is 5. The van der Waals surface area contributed by atoms with E-state index in [4.69, 9.17) is 0 Å². The Morgan fingerprint density at radius 2 is 1.69 bits per heavy atom. The Kier molecular flexibility index (Phi) is 5.08. The second-order valence-electron chi connectivity index (χ2n) is 10.4. The molecule has 0 aromatic heterocycles. The third kappa shape index (κ3) is 3.15. The highest BCUT2D eigenvalue weighted by Gasteiger charge is 2.55. The number of hydrogen-bond acceptors (Lipinski definition) is 2. The molecule has 5 unspecified atom stereocenters. The number of anilines is 1. The van der Waals surface area contributed by atoms with Gasteiger partial charge in [-0.15, -0.1) is 0 Å². The van der Waals surface area contributed by atoms with Gasteiger partial charge in [-0.25, -0.2) is 0 Å². The van der Waals surface area contributed by atoms with Gasteiger partial charge in [-0.1, -0.05) is 70.5 Å². The number of nitrogens with zero attached hydrogens (tertiary/aromatic N) is 2. The molecule has 1 saturated carbocycles. The summed E-state index contributed by atoms with van der Waals surface area (Å²) in [5.74, 6) is 3.16. The fourth-order valence-corrected chi connectivity index (χ4v) is 6.49. The molecule has 0 N–H and O–H groups in total. The van der Waals surface area contributed by atoms with Crippen LogP contribution in [0.25, 0.3) is 0 Å². The topological polar surface area (TPSA) is 6.48 Å². The van der Waals surface area contributed by atoms with Crippen LogP contribution in [-0.2, 0) is 0 Å². The molecule has 2 saturated heterocycles. The maximum atomic E-state index is 4.57. The molecule has 1 aromatic carbocycles. The summed E-state index contributed by atoms with van der Waals surface area (Å²) in [5.41, 5.74) is 8.91. The predicted octanol–water partition coefficient (Wildman–Crippen LogP) is 7.39. The van der Waals surface area contributed by atoms with E-state index in [0.717, 1.165) is 12.8 Å². The van der Waals surface area contributed by atoms with E-state index in [-0.39, 0.29) is 0 Å². The lowest BCUT2D eigenvalue weighted by Gasteiger charge is -2.25. The van der Waals surface area contributed by atoms with Crippen molar-refractivity contribution in [2.75, 3.05) is 11.9 Å². The van der Waals surface area contributed by atoms with Crippen LogP contribution < -0.4 is 4.90 Å². The van der Waals surface area contributed by atoms with Crippen LogP contribution in [0.1, 0.15) is 44.6 Å². The van der Waals surface area contributed by atoms with Crippen molar-refractivity contribution < 1.29 is 0 Å². The van der Waals surface area contributed by atoms with Crippen LogP contribution in [0.4, 0.5) is 5.69 Å². The van der Waals surface area contributed by atoms with Gasteiger partial charge in [0.1, 0.15) is 0 Å². The van der Waals surface area contributed by atoms with Gasteiger partial charge in [0, 0.05) is 53.3 Å². The third-order valence-electron chi connectivity index (χ3n) is 8.39. The summed E-state index contributed by atoms with van der Waals surface area (Å²) in [4.78, 5) is 4.49. The standard InChI is InChI=1S/C30H36N2/c1-18(2)23-11-13-27(14-12-23)32-21(5)29-26-16-25(28(17-26)30(29)22(32)6)10-8-9-24-15-19(3)31(7)20(24)4/h8,10-14,16,18,24,26,28-30H,3-6,9,15,17H2,1-2,7H3/b10-8+. The highest BCUT2D eigenvalue weighted by molar-refractivity contribution is 5.64. The van der Waals surface area contributed by atoms with Gasteiger partial charge in [0.15, 0.2) is 0 Å². The van der Waals surface area contributed by atoms with Crippen molar-refractivity contribution in [2.24, 2.45) is 29.6 Å². The minimum Gasteiger partial charge on any atom is -0.352 e. The summed E-state index contributed by atoms with van der Waals surface area (Å²) in [5, 5.41) is 0. The zero-order chi connectivity index (χ0) is 22.7. The molecule has 5 rings (SSSR count). The second kappa shape index (κ2) is 7.69. The SMILES string of the molecule is C=C1CC(C/C=C/C2=CC3CC2C2C(=C)N(c4ccc(C(C)C)cc4)C(=C)C32)C(=C)N1C. The molecule has 3 fully saturated rings. The lowest BCUT2D eigenvalue weighted by atomic mass is 9.79. The number of hydrogen-bond donors (Lipinski definition) is 0. The maximum Gasteiger partial charge on any atom is 0.0455 e. The molecule has 0 radical (unpaired) electrons. The smallest absolute Gasteiger partial charge is 0.0455 e. The van der Waals surface area contributed by atoms with Crippen molar-refractivity contribution in [1.82, 2.24) is 4.90 Å². The van der Waals surface area contributed by atoms with Crippen LogP contribution in [0.15, 0.2) is 97.2 Å². The van der Waals surface area contributed by atoms with E-state index >= 15 is 0 Å². The Labute approximate surface area is 194 Å². The molecular formula is C30H36N2. The molecule has 32 heavy (non-hydrogen) atoms. The van der Waals surface area contributed by atoms with E-state index < -0.39 is 0 Å². The summed E-state index contributed by atoms with van der Waals surface area (Å²) < 4.78 is 0. The highest BCUT2D eigenvalue weighted by atomic mass is 15.2. The van der Waals surface area contributed by atoms with Gasteiger partial charge in [-0.05, 0) is 60.3 Å². The molecule has 166 valence electrons. The van der Waals surface area contributed by atoms with E-state index in [1.54, 1.807) is 0 Å². The van der Waals surface area contributed by atoms with Gasteiger partial charge in [-0.2, -0.15) is 0 Å². The quantitative estimate of drug-likeness (QED) is 0.486. The average Bonchev–Trinajstić information content (AvgIpc) is 3.48. The van der Waals surface area contributed by atoms with Gasteiger partial charge in [0.05, 0.1) is 0 Å². The normalized spacial score (nSPS) is 31.6. The van der Waals surface area contributed by atoms with Crippen molar-refractivity contribution >= 4 is 5.69 Å². The summed E-state index contributed by atoms with van der Waals surface area (Å²) in [7, 11) is 2.08. The van der Waals surface area contributed by atoms with Gasteiger partial charge < -0.3 is 9.80 Å². The Morgan fingerprint density at radius 1 is 1.00 bits per heavy atom. The van der Waals surface area contributed by atoms with Crippen molar-refractivity contribution in [3.05, 3.63) is 103 Å². The minimum atomic E-state index is 0.481. The van der Waals surface area contributed by atoms with Crippen molar-refractivity contribution in [1.29, 1.82) is 0 Å². The van der Waals surface area contributed by atoms with Crippen molar-refractivity contribution in [2.45, 2.75) is 39.0 Å². The zero-order valence-electron chi connectivity index (χ0n) is 19.8. The largest absolute Gasteiger partial charge is 0.352 e. The fraction of sp³-hybridized carbons (Fsp3) is 0.400. The number of fused-ring (bicyclic) bond motifs is 5. The Bertz CT molecular complexity index is 1050. The van der Waals surface area contributed by atoms with Gasteiger partial charge in [-0.3, -0.25) is 0 Å². The third-order valence-corrected chi connectivity index (χ3v) is 8.39. The lowest BCUT2D eigenvalue weighted by Crippen LogP contribution is -2.18. The predicted molar refractivity (Wildman–Crippen MR) is 136 cm³/mol. The summed E-state index contributed by atoms with van der Waals surface area (Å²) in [6, 6.07) is 8.97. The zero-order valence-corrected chi connectivity index (χ0v) is 19.8. The fourth-order valence-electron chi connectivity index (χ4n) is 6.49. The first-order valence-electron chi connectivity index (χ1n) is 12.0. The lowest BCUT2D eigenvalue weighted by molar-refractivity contribution is 0.439. The van der Waals surface area contributed by atoms with Gasteiger partial charge >= 0.3 is 0 Å². The number of benzene rings is 1. The minimum absolute atomic E-state index is 0.481. The van der Waals surface area contributed by atoms with Crippen LogP contribution in [0.3, 0.4) is 0 Å². The number of likely N-dealkylation sites (tertiary alicyclic amines) is 1. The van der Waals surface area contributed by atoms with E-state index in [0.29, 0.717) is 35.5 Å². The average molecular weight is 425 g/mol. The molecule has 5 atom stereocenters. The molecule has 0 amide bonds. The van der Waals surface area contributed by atoms with Crippen molar-refractivity contribution in [3.63, 3.8) is 0 Å². The van der Waals surface area contributed by atoms with Crippen LogP contribution >= 0.6 is 0 Å². The Balaban J connectivity index is 1.30. The van der Waals surface area contributed by atoms with Gasteiger partial charge in [0.25, 0.3) is 0 Å². The first kappa shape index (κ1) is 21.1. The van der Waals surface area contributed by atoms with E-state index in [9.17, 15) is 0 Å². The molecule has 2 aliphatic carbocycles. The highest BCUT2D eigenvalue weighted by Crippen LogP contribution is 2.62. The second-order valence-corrected chi connectivity index (χ2v) is 10.4. The summed E-state index contributed by atoms with van der Waals surface area (Å²) in [6.45, 7) is 22.0. The van der Waals surface area contributed by atoms with E-state index in [2.05, 4.69) is 99.5 Å². The van der Waals surface area contributed by atoms with E-state index in [1.807, 2.05) is 0 Å². The monoisotopic (exact) mass is 424 g/mol. The Hall–Kier alpha value is -2.74. The molecule has 2 aliphatic heterocycles. The summed E-state index contributed by atoms with van der Waals surface area (Å²) >= 11 is 0. The van der Waals surface area contributed by atoms with Crippen molar-refractivity contribution in [3.8, 4) is 0 Å². The summed E-state index contributed by atoms with van der Waals surface area (Å²) in [6.07, 6.45) is 10.6. The first-order valence-corrected chi connectivity index (χ1v) is 12.0. The molecule has 2 bridgehead atoms. The van der Waals surface area contributed by atoms with Crippen LogP contribution in [-0.4, -0.2) is 11.9 Å². The molecule has 0 spiro atoms. The Morgan fingerprint density at radius 3 is 2.31 bits per heavy atom.